The molecule has 2 heterocycles. The van der Waals surface area contributed by atoms with E-state index in [2.05, 4.69) is 71.8 Å². The molecule has 1 saturated heterocycles. The number of rotatable bonds is 3. The third-order valence-electron chi connectivity index (χ3n) is 5.80. The SMILES string of the molecule is COc1c(C(C)(C)C)cc(-c2ncc(C3CCN(C)CC3)s2)cc1C(C)(C)C. The van der Waals surface area contributed by atoms with Gasteiger partial charge in [0.2, 0.25) is 0 Å². The van der Waals surface area contributed by atoms with E-state index in [0.29, 0.717) is 5.92 Å². The highest BCUT2D eigenvalue weighted by molar-refractivity contribution is 7.15. The van der Waals surface area contributed by atoms with Crippen LogP contribution in [0.15, 0.2) is 18.3 Å². The summed E-state index contributed by atoms with van der Waals surface area (Å²) >= 11 is 1.88. The number of methoxy groups -OCH3 is 1. The van der Waals surface area contributed by atoms with Crippen molar-refractivity contribution in [2.24, 2.45) is 0 Å². The lowest BCUT2D eigenvalue weighted by Crippen LogP contribution is -2.28. The van der Waals surface area contributed by atoms with Gasteiger partial charge in [0.15, 0.2) is 0 Å². The molecule has 3 rings (SSSR count). The van der Waals surface area contributed by atoms with Gasteiger partial charge in [0.25, 0.3) is 0 Å². The fourth-order valence-corrected chi connectivity index (χ4v) is 5.06. The fraction of sp³-hybridized carbons (Fsp3) is 0.625. The van der Waals surface area contributed by atoms with E-state index in [1.165, 1.54) is 47.5 Å². The molecular formula is C24H36N2OS. The second-order valence-corrected chi connectivity index (χ2v) is 11.3. The Bertz CT molecular complexity index is 783. The summed E-state index contributed by atoms with van der Waals surface area (Å²) in [6.45, 7) is 15.9. The molecule has 0 atom stereocenters. The first kappa shape index (κ1) is 21.3. The second kappa shape index (κ2) is 7.79. The maximum atomic E-state index is 5.91. The Labute approximate surface area is 175 Å². The maximum absolute atomic E-state index is 5.91. The van der Waals surface area contributed by atoms with Crippen molar-refractivity contribution in [3.63, 3.8) is 0 Å². The number of piperidine rings is 1. The predicted octanol–water partition coefficient (Wildman–Crippen LogP) is 6.22. The van der Waals surface area contributed by atoms with Crippen molar-refractivity contribution in [3.05, 3.63) is 34.3 Å². The van der Waals surface area contributed by atoms with Crippen molar-refractivity contribution in [2.45, 2.75) is 71.1 Å². The predicted molar refractivity (Wildman–Crippen MR) is 121 cm³/mol. The Morgan fingerprint density at radius 2 is 1.54 bits per heavy atom. The summed E-state index contributed by atoms with van der Waals surface area (Å²) in [6, 6.07) is 4.59. The standard InChI is InChI=1S/C24H36N2OS/c1-23(2,3)18-13-17(14-19(21(18)27-8)24(4,5)6)22-25-15-20(28-22)16-9-11-26(7)12-10-16/h13-16H,9-12H2,1-8H3. The lowest BCUT2D eigenvalue weighted by molar-refractivity contribution is 0.257. The summed E-state index contributed by atoms with van der Waals surface area (Å²) in [5, 5.41) is 1.13. The minimum absolute atomic E-state index is 0.00932. The van der Waals surface area contributed by atoms with Crippen LogP contribution >= 0.6 is 11.3 Å². The molecule has 1 aliphatic heterocycles. The van der Waals surface area contributed by atoms with Gasteiger partial charge in [-0.05, 0) is 61.9 Å². The van der Waals surface area contributed by atoms with Crippen LogP contribution in [0.4, 0.5) is 0 Å². The third-order valence-corrected chi connectivity index (χ3v) is 7.01. The van der Waals surface area contributed by atoms with E-state index in [1.807, 2.05) is 11.3 Å². The molecule has 0 bridgehead atoms. The van der Waals surface area contributed by atoms with E-state index in [1.54, 1.807) is 7.11 Å². The first-order valence-corrected chi connectivity index (χ1v) is 11.2. The molecule has 154 valence electrons. The number of aromatic nitrogens is 1. The van der Waals surface area contributed by atoms with E-state index in [9.17, 15) is 0 Å². The molecule has 0 amide bonds. The monoisotopic (exact) mass is 400 g/mol. The van der Waals surface area contributed by atoms with Crippen molar-refractivity contribution in [1.82, 2.24) is 9.88 Å². The quantitative estimate of drug-likeness (QED) is 0.611. The van der Waals surface area contributed by atoms with Crippen LogP contribution in [0.2, 0.25) is 0 Å². The normalized spacial score (nSPS) is 17.1. The van der Waals surface area contributed by atoms with Crippen molar-refractivity contribution in [1.29, 1.82) is 0 Å². The Morgan fingerprint density at radius 3 is 2.00 bits per heavy atom. The lowest BCUT2D eigenvalue weighted by Gasteiger charge is -2.29. The van der Waals surface area contributed by atoms with E-state index in [4.69, 9.17) is 9.72 Å². The molecule has 3 nitrogen and oxygen atoms in total. The third kappa shape index (κ3) is 4.44. The summed E-state index contributed by atoms with van der Waals surface area (Å²) < 4.78 is 5.91. The Morgan fingerprint density at radius 1 is 1.00 bits per heavy atom. The smallest absolute Gasteiger partial charge is 0.126 e. The van der Waals surface area contributed by atoms with Crippen LogP contribution in [0.1, 0.15) is 76.3 Å². The molecule has 0 unspecified atom stereocenters. The zero-order chi connectivity index (χ0) is 20.7. The van der Waals surface area contributed by atoms with E-state index in [0.717, 1.165) is 10.8 Å². The molecule has 1 fully saturated rings. The zero-order valence-corrected chi connectivity index (χ0v) is 19.7. The van der Waals surface area contributed by atoms with Crippen LogP contribution in [0.5, 0.6) is 5.75 Å². The molecule has 1 aromatic carbocycles. The highest BCUT2D eigenvalue weighted by Crippen LogP contribution is 2.44. The number of hydrogen-bond acceptors (Lipinski definition) is 4. The molecule has 0 aliphatic carbocycles. The first-order valence-electron chi connectivity index (χ1n) is 10.4. The number of nitrogens with zero attached hydrogens (tertiary/aromatic N) is 2. The average Bonchev–Trinajstić information content (AvgIpc) is 3.09. The molecule has 28 heavy (non-hydrogen) atoms. The van der Waals surface area contributed by atoms with Gasteiger partial charge in [0.05, 0.1) is 7.11 Å². The summed E-state index contributed by atoms with van der Waals surface area (Å²) in [5.41, 5.74) is 3.76. The van der Waals surface area contributed by atoms with Gasteiger partial charge in [-0.25, -0.2) is 4.98 Å². The van der Waals surface area contributed by atoms with Crippen LogP contribution in [0.25, 0.3) is 10.6 Å². The molecule has 0 N–H and O–H groups in total. The summed E-state index contributed by atoms with van der Waals surface area (Å²) in [6.07, 6.45) is 4.59. The average molecular weight is 401 g/mol. The Balaban J connectivity index is 2.05. The van der Waals surface area contributed by atoms with Gasteiger partial charge in [-0.3, -0.25) is 0 Å². The number of ether oxygens (including phenoxy) is 1. The van der Waals surface area contributed by atoms with Crippen LogP contribution in [-0.4, -0.2) is 37.1 Å². The van der Waals surface area contributed by atoms with Crippen LogP contribution < -0.4 is 4.74 Å². The van der Waals surface area contributed by atoms with Gasteiger partial charge in [-0.2, -0.15) is 0 Å². The van der Waals surface area contributed by atoms with Crippen LogP contribution in [-0.2, 0) is 10.8 Å². The maximum Gasteiger partial charge on any atom is 0.126 e. The van der Waals surface area contributed by atoms with Crippen LogP contribution in [0.3, 0.4) is 0 Å². The molecule has 1 aliphatic rings. The molecule has 0 radical (unpaired) electrons. The highest BCUT2D eigenvalue weighted by atomic mass is 32.1. The molecule has 1 aromatic heterocycles. The minimum atomic E-state index is 0.00932. The van der Waals surface area contributed by atoms with Gasteiger partial charge >= 0.3 is 0 Å². The zero-order valence-electron chi connectivity index (χ0n) is 18.8. The van der Waals surface area contributed by atoms with Crippen molar-refractivity contribution < 1.29 is 4.74 Å². The Hall–Kier alpha value is -1.39. The topological polar surface area (TPSA) is 25.4 Å². The fourth-order valence-electron chi connectivity index (χ4n) is 3.99. The summed E-state index contributed by atoms with van der Waals surface area (Å²) in [4.78, 5) is 8.71. The largest absolute Gasteiger partial charge is 0.496 e. The van der Waals surface area contributed by atoms with Gasteiger partial charge < -0.3 is 9.64 Å². The lowest BCUT2D eigenvalue weighted by atomic mass is 9.78. The second-order valence-electron chi connectivity index (χ2n) is 10.2. The number of likely N-dealkylation sites (tertiary alicyclic amines) is 1. The summed E-state index contributed by atoms with van der Waals surface area (Å²) in [7, 11) is 4.01. The Kier molecular flexibility index (Phi) is 5.94. The van der Waals surface area contributed by atoms with Crippen molar-refractivity contribution >= 4 is 11.3 Å². The number of hydrogen-bond donors (Lipinski definition) is 0. The van der Waals surface area contributed by atoms with Gasteiger partial charge in [0, 0.05) is 27.8 Å². The molecule has 2 aromatic rings. The summed E-state index contributed by atoms with van der Waals surface area (Å²) in [5.74, 6) is 1.68. The van der Waals surface area contributed by atoms with E-state index < -0.39 is 0 Å². The molecular weight excluding hydrogens is 364 g/mol. The molecule has 0 saturated carbocycles. The van der Waals surface area contributed by atoms with Crippen molar-refractivity contribution in [3.8, 4) is 16.3 Å². The van der Waals surface area contributed by atoms with Crippen molar-refractivity contribution in [2.75, 3.05) is 27.2 Å². The first-order chi connectivity index (χ1) is 13.0. The number of thiazole rings is 1. The van der Waals surface area contributed by atoms with Gasteiger partial charge in [0.1, 0.15) is 10.8 Å². The molecule has 0 spiro atoms. The minimum Gasteiger partial charge on any atom is -0.496 e. The molecule has 4 heteroatoms. The number of benzene rings is 1. The van der Waals surface area contributed by atoms with Gasteiger partial charge in [-0.1, -0.05) is 41.5 Å². The van der Waals surface area contributed by atoms with E-state index >= 15 is 0 Å². The van der Waals surface area contributed by atoms with Gasteiger partial charge in [-0.15, -0.1) is 11.3 Å². The highest BCUT2D eigenvalue weighted by Gasteiger charge is 2.28. The van der Waals surface area contributed by atoms with Crippen LogP contribution in [0, 0.1) is 0 Å². The van der Waals surface area contributed by atoms with E-state index in [-0.39, 0.29) is 10.8 Å².